The fourth-order valence-electron chi connectivity index (χ4n) is 2.98. The first-order chi connectivity index (χ1) is 12.6. The molecular formula is C19H20N2O4S. The van der Waals surface area contributed by atoms with E-state index in [9.17, 15) is 14.4 Å². The minimum Gasteiger partial charge on any atom is -0.465 e. The molecule has 1 N–H and O–H groups in total. The molecule has 26 heavy (non-hydrogen) atoms. The molecule has 1 aliphatic rings. The quantitative estimate of drug-likeness (QED) is 0.625. The standard InChI is InChI=1S/C19H20N2O4S/c1-25-19(24)14-6-7-15-13(12-14)8-10-21(15)17(22)5-2-9-20-18(23)16-4-3-11-26-16/h3-4,6-7,11-12H,2,5,8-10H2,1H3,(H,20,23). The highest BCUT2D eigenvalue weighted by atomic mass is 32.1. The van der Waals surface area contributed by atoms with Crippen LogP contribution in [-0.2, 0) is 16.0 Å². The number of rotatable bonds is 6. The van der Waals surface area contributed by atoms with Crippen molar-refractivity contribution in [3.05, 3.63) is 51.7 Å². The second-order valence-corrected chi connectivity index (χ2v) is 6.91. The Hall–Kier alpha value is -2.67. The van der Waals surface area contributed by atoms with Crippen molar-refractivity contribution in [1.82, 2.24) is 5.32 Å². The molecule has 6 nitrogen and oxygen atoms in total. The van der Waals surface area contributed by atoms with Crippen LogP contribution in [0.2, 0.25) is 0 Å². The van der Waals surface area contributed by atoms with Gasteiger partial charge in [0.1, 0.15) is 0 Å². The number of carbonyl (C=O) groups is 3. The van der Waals surface area contributed by atoms with Gasteiger partial charge in [-0.25, -0.2) is 4.79 Å². The number of esters is 1. The number of nitrogens with zero attached hydrogens (tertiary/aromatic N) is 1. The average Bonchev–Trinajstić information content (AvgIpc) is 3.33. The molecule has 2 amide bonds. The molecule has 0 atom stereocenters. The van der Waals surface area contributed by atoms with E-state index in [1.165, 1.54) is 18.4 Å². The van der Waals surface area contributed by atoms with Crippen LogP contribution in [0.4, 0.5) is 5.69 Å². The van der Waals surface area contributed by atoms with Gasteiger partial charge in [0, 0.05) is 25.2 Å². The Morgan fingerprint density at radius 1 is 1.27 bits per heavy atom. The van der Waals surface area contributed by atoms with Crippen molar-refractivity contribution in [2.24, 2.45) is 0 Å². The fraction of sp³-hybridized carbons (Fsp3) is 0.316. The van der Waals surface area contributed by atoms with Gasteiger partial charge in [-0.05, 0) is 48.1 Å². The fourth-order valence-corrected chi connectivity index (χ4v) is 3.62. The van der Waals surface area contributed by atoms with Crippen LogP contribution in [0, 0.1) is 0 Å². The SMILES string of the molecule is COC(=O)c1ccc2c(c1)CCN2C(=O)CCCNC(=O)c1cccs1. The maximum atomic E-state index is 12.5. The summed E-state index contributed by atoms with van der Waals surface area (Å²) in [6.45, 7) is 1.07. The molecule has 0 unspecified atom stereocenters. The summed E-state index contributed by atoms with van der Waals surface area (Å²) in [7, 11) is 1.35. The summed E-state index contributed by atoms with van der Waals surface area (Å²) in [5.41, 5.74) is 2.33. The van der Waals surface area contributed by atoms with Crippen LogP contribution in [0.25, 0.3) is 0 Å². The Bertz CT molecular complexity index is 817. The van der Waals surface area contributed by atoms with Crippen molar-refractivity contribution < 1.29 is 19.1 Å². The summed E-state index contributed by atoms with van der Waals surface area (Å²) in [6, 6.07) is 8.87. The first-order valence-corrected chi connectivity index (χ1v) is 9.31. The zero-order valence-corrected chi connectivity index (χ0v) is 15.3. The summed E-state index contributed by atoms with van der Waals surface area (Å²) in [4.78, 5) is 38.4. The van der Waals surface area contributed by atoms with Gasteiger partial charge in [0.05, 0.1) is 17.6 Å². The number of carbonyl (C=O) groups excluding carboxylic acids is 3. The minimum absolute atomic E-state index is 0.0277. The van der Waals surface area contributed by atoms with Crippen LogP contribution in [0.3, 0.4) is 0 Å². The molecule has 0 saturated heterocycles. The first-order valence-electron chi connectivity index (χ1n) is 8.43. The molecule has 2 aromatic rings. The summed E-state index contributed by atoms with van der Waals surface area (Å²) in [5, 5.41) is 4.68. The zero-order chi connectivity index (χ0) is 18.5. The number of amides is 2. The summed E-state index contributed by atoms with van der Waals surface area (Å²) < 4.78 is 4.73. The van der Waals surface area contributed by atoms with Crippen LogP contribution in [0.15, 0.2) is 35.7 Å². The number of nitrogens with one attached hydrogen (secondary N) is 1. The number of ether oxygens (including phenoxy) is 1. The highest BCUT2D eigenvalue weighted by molar-refractivity contribution is 7.12. The number of thiophene rings is 1. The number of methoxy groups -OCH3 is 1. The summed E-state index contributed by atoms with van der Waals surface area (Å²) in [5.74, 6) is -0.451. The van der Waals surface area contributed by atoms with Crippen molar-refractivity contribution in [3.63, 3.8) is 0 Å². The third-order valence-electron chi connectivity index (χ3n) is 4.30. The Labute approximate surface area is 155 Å². The first kappa shape index (κ1) is 18.1. The predicted octanol–water partition coefficient (Wildman–Crippen LogP) is 2.63. The van der Waals surface area contributed by atoms with E-state index in [4.69, 9.17) is 4.74 Å². The highest BCUT2D eigenvalue weighted by Gasteiger charge is 2.25. The van der Waals surface area contributed by atoms with Gasteiger partial charge in [0.25, 0.3) is 5.91 Å². The molecule has 136 valence electrons. The number of anilines is 1. The van der Waals surface area contributed by atoms with Crippen molar-refractivity contribution in [2.45, 2.75) is 19.3 Å². The van der Waals surface area contributed by atoms with Crippen molar-refractivity contribution in [3.8, 4) is 0 Å². The monoisotopic (exact) mass is 372 g/mol. The van der Waals surface area contributed by atoms with Gasteiger partial charge in [0.15, 0.2) is 0 Å². The molecule has 0 spiro atoms. The molecule has 0 aliphatic carbocycles. The van der Waals surface area contributed by atoms with Gasteiger partial charge in [0.2, 0.25) is 5.91 Å². The van der Waals surface area contributed by atoms with E-state index in [0.29, 0.717) is 36.4 Å². The molecule has 0 fully saturated rings. The predicted molar refractivity (Wildman–Crippen MR) is 99.7 cm³/mol. The van der Waals surface area contributed by atoms with Gasteiger partial charge < -0.3 is 15.0 Å². The van der Waals surface area contributed by atoms with Crippen LogP contribution >= 0.6 is 11.3 Å². The highest BCUT2D eigenvalue weighted by Crippen LogP contribution is 2.29. The van der Waals surface area contributed by atoms with E-state index in [2.05, 4.69) is 5.32 Å². The Kier molecular flexibility index (Phi) is 5.68. The van der Waals surface area contributed by atoms with Crippen LogP contribution in [0.5, 0.6) is 0 Å². The molecule has 1 aliphatic heterocycles. The topological polar surface area (TPSA) is 75.7 Å². The largest absolute Gasteiger partial charge is 0.465 e. The molecule has 7 heteroatoms. The maximum absolute atomic E-state index is 12.5. The van der Waals surface area contributed by atoms with E-state index in [1.54, 1.807) is 29.2 Å². The van der Waals surface area contributed by atoms with E-state index in [0.717, 1.165) is 17.7 Å². The lowest BCUT2D eigenvalue weighted by Gasteiger charge is -2.17. The molecule has 1 aromatic heterocycles. The van der Waals surface area contributed by atoms with Crippen LogP contribution in [0.1, 0.15) is 38.4 Å². The molecule has 0 saturated carbocycles. The van der Waals surface area contributed by atoms with E-state index >= 15 is 0 Å². The van der Waals surface area contributed by atoms with Crippen LogP contribution < -0.4 is 10.2 Å². The number of benzene rings is 1. The van der Waals surface area contributed by atoms with Gasteiger partial charge in [-0.3, -0.25) is 9.59 Å². The second kappa shape index (κ2) is 8.14. The van der Waals surface area contributed by atoms with E-state index in [1.807, 2.05) is 11.4 Å². The molecule has 2 heterocycles. The maximum Gasteiger partial charge on any atom is 0.337 e. The average molecular weight is 372 g/mol. The lowest BCUT2D eigenvalue weighted by molar-refractivity contribution is -0.118. The molecular weight excluding hydrogens is 352 g/mol. The van der Waals surface area contributed by atoms with Crippen LogP contribution in [-0.4, -0.2) is 38.0 Å². The number of hydrogen-bond acceptors (Lipinski definition) is 5. The Balaban J connectivity index is 1.51. The summed E-state index contributed by atoms with van der Waals surface area (Å²) in [6.07, 6.45) is 1.67. The van der Waals surface area contributed by atoms with Crippen molar-refractivity contribution in [1.29, 1.82) is 0 Å². The molecule has 0 bridgehead atoms. The molecule has 0 radical (unpaired) electrons. The van der Waals surface area contributed by atoms with Gasteiger partial charge >= 0.3 is 5.97 Å². The number of fused-ring (bicyclic) bond motifs is 1. The zero-order valence-electron chi connectivity index (χ0n) is 14.5. The smallest absolute Gasteiger partial charge is 0.337 e. The van der Waals surface area contributed by atoms with Crippen molar-refractivity contribution >= 4 is 34.8 Å². The number of hydrogen-bond donors (Lipinski definition) is 1. The van der Waals surface area contributed by atoms with Crippen molar-refractivity contribution in [2.75, 3.05) is 25.1 Å². The summed E-state index contributed by atoms with van der Waals surface area (Å²) >= 11 is 1.39. The van der Waals surface area contributed by atoms with Gasteiger partial charge in [-0.1, -0.05) is 6.07 Å². The van der Waals surface area contributed by atoms with E-state index < -0.39 is 0 Å². The minimum atomic E-state index is -0.376. The third-order valence-corrected chi connectivity index (χ3v) is 5.16. The molecule has 1 aromatic carbocycles. The van der Waals surface area contributed by atoms with Gasteiger partial charge in [-0.15, -0.1) is 11.3 Å². The lowest BCUT2D eigenvalue weighted by atomic mass is 10.1. The lowest BCUT2D eigenvalue weighted by Crippen LogP contribution is -2.30. The Morgan fingerprint density at radius 3 is 2.85 bits per heavy atom. The second-order valence-electron chi connectivity index (χ2n) is 5.97. The Morgan fingerprint density at radius 2 is 2.12 bits per heavy atom. The van der Waals surface area contributed by atoms with E-state index in [-0.39, 0.29) is 17.8 Å². The molecule has 3 rings (SSSR count). The third kappa shape index (κ3) is 3.94. The van der Waals surface area contributed by atoms with Gasteiger partial charge in [-0.2, -0.15) is 0 Å². The normalized spacial score (nSPS) is 12.6.